The SMILES string of the molecule is C=C(C)C(F)CNCc1ccc(C#CC(C)(C)O)cc1. The molecule has 1 atom stereocenters. The summed E-state index contributed by atoms with van der Waals surface area (Å²) in [6.45, 7) is 9.43. The summed E-state index contributed by atoms with van der Waals surface area (Å²) in [6, 6.07) is 7.66. The van der Waals surface area contributed by atoms with Crippen LogP contribution in [0.3, 0.4) is 0 Å². The van der Waals surface area contributed by atoms with Crippen molar-refractivity contribution in [2.24, 2.45) is 0 Å². The first-order valence-electron chi connectivity index (χ1n) is 6.62. The van der Waals surface area contributed by atoms with E-state index in [0.29, 0.717) is 12.1 Å². The van der Waals surface area contributed by atoms with E-state index in [1.165, 1.54) is 0 Å². The number of rotatable bonds is 5. The molecule has 2 N–H and O–H groups in total. The molecule has 1 rings (SSSR count). The molecule has 20 heavy (non-hydrogen) atoms. The second kappa shape index (κ2) is 7.23. The fourth-order valence-corrected chi connectivity index (χ4v) is 1.45. The van der Waals surface area contributed by atoms with E-state index in [1.807, 2.05) is 24.3 Å². The lowest BCUT2D eigenvalue weighted by Gasteiger charge is -2.09. The minimum absolute atomic E-state index is 0.273. The lowest BCUT2D eigenvalue weighted by Crippen LogP contribution is -2.23. The van der Waals surface area contributed by atoms with Crippen molar-refractivity contribution >= 4 is 0 Å². The molecule has 0 fully saturated rings. The van der Waals surface area contributed by atoms with E-state index in [9.17, 15) is 9.50 Å². The van der Waals surface area contributed by atoms with Crippen LogP contribution in [0.25, 0.3) is 0 Å². The third-order valence-electron chi connectivity index (χ3n) is 2.65. The number of hydrogen-bond donors (Lipinski definition) is 2. The molecule has 108 valence electrons. The molecule has 0 aromatic heterocycles. The number of aliphatic hydroxyl groups is 1. The van der Waals surface area contributed by atoms with Crippen LogP contribution in [-0.2, 0) is 6.54 Å². The summed E-state index contributed by atoms with van der Waals surface area (Å²) in [6.07, 6.45) is -1.01. The van der Waals surface area contributed by atoms with Crippen LogP contribution >= 0.6 is 0 Å². The Morgan fingerprint density at radius 3 is 2.50 bits per heavy atom. The molecule has 0 bridgehead atoms. The molecule has 2 nitrogen and oxygen atoms in total. The first-order valence-corrected chi connectivity index (χ1v) is 6.62. The molecule has 0 heterocycles. The Bertz CT molecular complexity index is 503. The van der Waals surface area contributed by atoms with Crippen molar-refractivity contribution in [3.63, 3.8) is 0 Å². The van der Waals surface area contributed by atoms with Gasteiger partial charge in [-0.3, -0.25) is 0 Å². The molecule has 0 aliphatic heterocycles. The zero-order valence-corrected chi connectivity index (χ0v) is 12.3. The Hall–Kier alpha value is -1.63. The van der Waals surface area contributed by atoms with Gasteiger partial charge in [0, 0.05) is 18.7 Å². The molecule has 1 aromatic carbocycles. The first kappa shape index (κ1) is 16.4. The summed E-state index contributed by atoms with van der Waals surface area (Å²) in [5, 5.41) is 12.6. The molecule has 1 unspecified atom stereocenters. The van der Waals surface area contributed by atoms with Crippen LogP contribution < -0.4 is 5.32 Å². The van der Waals surface area contributed by atoms with Crippen LogP contribution in [-0.4, -0.2) is 23.4 Å². The number of halogens is 1. The van der Waals surface area contributed by atoms with E-state index in [-0.39, 0.29) is 6.54 Å². The first-order chi connectivity index (χ1) is 9.28. The standard InChI is InChI=1S/C17H22FNO/c1-13(2)16(18)12-19-11-15-7-5-14(6-8-15)9-10-17(3,4)20/h5-8,16,19-20H,1,11-12H2,2-4H3. The maximum atomic E-state index is 13.3. The topological polar surface area (TPSA) is 32.3 Å². The third-order valence-corrected chi connectivity index (χ3v) is 2.65. The van der Waals surface area contributed by atoms with Gasteiger partial charge in [-0.05, 0) is 44.0 Å². The van der Waals surface area contributed by atoms with Crippen LogP contribution in [0.1, 0.15) is 31.9 Å². The maximum absolute atomic E-state index is 13.3. The van der Waals surface area contributed by atoms with Gasteiger partial charge in [-0.15, -0.1) is 0 Å². The van der Waals surface area contributed by atoms with Gasteiger partial charge >= 0.3 is 0 Å². The zero-order valence-electron chi connectivity index (χ0n) is 12.3. The maximum Gasteiger partial charge on any atom is 0.133 e. The number of nitrogens with one attached hydrogen (secondary N) is 1. The minimum Gasteiger partial charge on any atom is -0.378 e. The van der Waals surface area contributed by atoms with Gasteiger partial charge in [-0.2, -0.15) is 0 Å². The van der Waals surface area contributed by atoms with E-state index in [1.54, 1.807) is 20.8 Å². The van der Waals surface area contributed by atoms with Gasteiger partial charge < -0.3 is 10.4 Å². The molecule has 0 aliphatic rings. The summed E-state index contributed by atoms with van der Waals surface area (Å²) >= 11 is 0. The van der Waals surface area contributed by atoms with Gasteiger partial charge in [0.15, 0.2) is 0 Å². The van der Waals surface area contributed by atoms with Gasteiger partial charge in [-0.1, -0.05) is 30.6 Å². The molecule has 0 aliphatic carbocycles. The van der Waals surface area contributed by atoms with Gasteiger partial charge in [0.05, 0.1) is 0 Å². The van der Waals surface area contributed by atoms with E-state index in [2.05, 4.69) is 23.7 Å². The Balaban J connectivity index is 2.50. The Morgan fingerprint density at radius 1 is 1.40 bits per heavy atom. The average Bonchev–Trinajstić information content (AvgIpc) is 2.36. The van der Waals surface area contributed by atoms with Crippen molar-refractivity contribution in [2.75, 3.05) is 6.54 Å². The second-order valence-corrected chi connectivity index (χ2v) is 5.45. The van der Waals surface area contributed by atoms with Crippen molar-refractivity contribution in [2.45, 2.75) is 39.1 Å². The predicted molar refractivity (Wildman–Crippen MR) is 81.0 cm³/mol. The average molecular weight is 275 g/mol. The molecule has 1 aromatic rings. The molecular formula is C17H22FNO. The summed E-state index contributed by atoms with van der Waals surface area (Å²) in [7, 11) is 0. The van der Waals surface area contributed by atoms with Crippen LogP contribution in [0, 0.1) is 11.8 Å². The second-order valence-electron chi connectivity index (χ2n) is 5.45. The highest BCUT2D eigenvalue weighted by Crippen LogP contribution is 2.06. The van der Waals surface area contributed by atoms with E-state index in [4.69, 9.17) is 0 Å². The normalized spacial score (nSPS) is 12.4. The molecule has 0 saturated carbocycles. The molecule has 0 spiro atoms. The quantitative estimate of drug-likeness (QED) is 0.640. The smallest absolute Gasteiger partial charge is 0.133 e. The van der Waals surface area contributed by atoms with E-state index >= 15 is 0 Å². The monoisotopic (exact) mass is 275 g/mol. The van der Waals surface area contributed by atoms with Gasteiger partial charge in [0.2, 0.25) is 0 Å². The lowest BCUT2D eigenvalue weighted by atomic mass is 10.1. The van der Waals surface area contributed by atoms with Crippen molar-refractivity contribution < 1.29 is 9.50 Å². The van der Waals surface area contributed by atoms with Crippen LogP contribution in [0.2, 0.25) is 0 Å². The number of hydrogen-bond acceptors (Lipinski definition) is 2. The third kappa shape index (κ3) is 6.51. The van der Waals surface area contributed by atoms with Crippen LogP contribution in [0.4, 0.5) is 4.39 Å². The van der Waals surface area contributed by atoms with E-state index < -0.39 is 11.8 Å². The molecule has 3 heteroatoms. The van der Waals surface area contributed by atoms with Crippen LogP contribution in [0.5, 0.6) is 0 Å². The van der Waals surface area contributed by atoms with Gasteiger partial charge in [-0.25, -0.2) is 4.39 Å². The van der Waals surface area contributed by atoms with Gasteiger partial charge in [0.25, 0.3) is 0 Å². The molecule has 0 amide bonds. The Morgan fingerprint density at radius 2 is 2.00 bits per heavy atom. The number of alkyl halides is 1. The van der Waals surface area contributed by atoms with Gasteiger partial charge in [0.1, 0.15) is 11.8 Å². The fraction of sp³-hybridized carbons (Fsp3) is 0.412. The van der Waals surface area contributed by atoms with Crippen molar-refractivity contribution in [3.8, 4) is 11.8 Å². The van der Waals surface area contributed by atoms with Crippen LogP contribution in [0.15, 0.2) is 36.4 Å². The largest absolute Gasteiger partial charge is 0.378 e. The van der Waals surface area contributed by atoms with E-state index in [0.717, 1.165) is 11.1 Å². The summed E-state index contributed by atoms with van der Waals surface area (Å²) < 4.78 is 13.3. The molecular weight excluding hydrogens is 253 g/mol. The highest BCUT2D eigenvalue weighted by atomic mass is 19.1. The lowest BCUT2D eigenvalue weighted by molar-refractivity contribution is 0.143. The fourth-order valence-electron chi connectivity index (χ4n) is 1.45. The number of benzene rings is 1. The Labute approximate surface area is 120 Å². The van der Waals surface area contributed by atoms with Crippen molar-refractivity contribution in [3.05, 3.63) is 47.5 Å². The van der Waals surface area contributed by atoms with Crippen molar-refractivity contribution in [1.29, 1.82) is 0 Å². The Kier molecular flexibility index (Phi) is 5.94. The zero-order chi connectivity index (χ0) is 15.2. The highest BCUT2D eigenvalue weighted by Gasteiger charge is 2.06. The summed E-state index contributed by atoms with van der Waals surface area (Å²) in [5.74, 6) is 5.67. The summed E-state index contributed by atoms with van der Waals surface area (Å²) in [5.41, 5.74) is 1.46. The summed E-state index contributed by atoms with van der Waals surface area (Å²) in [4.78, 5) is 0. The highest BCUT2D eigenvalue weighted by molar-refractivity contribution is 5.37. The molecule has 0 radical (unpaired) electrons. The molecule has 0 saturated heterocycles. The van der Waals surface area contributed by atoms with Crippen molar-refractivity contribution in [1.82, 2.24) is 5.32 Å². The predicted octanol–water partition coefficient (Wildman–Crippen LogP) is 2.81. The minimum atomic E-state index is -1.01.